The number of rotatable bonds is 8. The maximum absolute atomic E-state index is 14.3. The molecule has 8 nitrogen and oxygen atoms in total. The summed E-state index contributed by atoms with van der Waals surface area (Å²) in [6, 6.07) is 13.1. The third kappa shape index (κ3) is 5.04. The van der Waals surface area contributed by atoms with Gasteiger partial charge in [0.1, 0.15) is 5.69 Å². The monoisotopic (exact) mass is 595 g/mol. The number of hydrogen-bond donors (Lipinski definition) is 1. The van der Waals surface area contributed by atoms with Crippen molar-refractivity contribution in [2.45, 2.75) is 45.2 Å². The summed E-state index contributed by atoms with van der Waals surface area (Å²) in [4.78, 5) is 41.2. The van der Waals surface area contributed by atoms with Crippen LogP contribution in [-0.2, 0) is 0 Å². The second-order valence-electron chi connectivity index (χ2n) is 10.1. The number of anilines is 1. The van der Waals surface area contributed by atoms with E-state index in [0.29, 0.717) is 28.9 Å². The molecule has 3 heterocycles. The van der Waals surface area contributed by atoms with Crippen molar-refractivity contribution in [2.24, 2.45) is 5.92 Å². The number of nitrogens with one attached hydrogen (secondary N) is 1. The van der Waals surface area contributed by atoms with Crippen LogP contribution in [0.5, 0.6) is 5.75 Å². The number of amides is 2. The number of nitrogens with zero attached hydrogens (tertiary/aromatic N) is 4. The molecule has 2 aromatic carbocycles. The van der Waals surface area contributed by atoms with E-state index in [1.54, 1.807) is 11.6 Å². The Kier molecular flexibility index (Phi) is 7.65. The first kappa shape index (κ1) is 27.0. The number of thiazole rings is 2. The van der Waals surface area contributed by atoms with Gasteiger partial charge in [-0.25, -0.2) is 14.8 Å². The molecule has 2 fully saturated rings. The number of ether oxygens (including phenoxy) is 1. The van der Waals surface area contributed by atoms with Gasteiger partial charge >= 0.3 is 6.09 Å². The van der Waals surface area contributed by atoms with Gasteiger partial charge in [-0.2, -0.15) is 0 Å². The van der Waals surface area contributed by atoms with Crippen molar-refractivity contribution in [3.05, 3.63) is 58.7 Å². The van der Waals surface area contributed by atoms with Gasteiger partial charge in [0.05, 0.1) is 26.6 Å². The van der Waals surface area contributed by atoms with E-state index in [-0.39, 0.29) is 18.0 Å². The van der Waals surface area contributed by atoms with Crippen molar-refractivity contribution in [1.82, 2.24) is 20.2 Å². The highest BCUT2D eigenvalue weighted by Gasteiger charge is 2.49. The number of carbonyl (C=O) groups excluding carboxylic acids is 2. The Hall–Kier alpha value is -3.21. The molecule has 0 radical (unpaired) electrons. The molecule has 2 bridgehead atoms. The number of aromatic nitrogens is 2. The van der Waals surface area contributed by atoms with Crippen molar-refractivity contribution in [3.8, 4) is 16.2 Å². The predicted molar refractivity (Wildman–Crippen MR) is 161 cm³/mol. The number of fused-ring (bicyclic) bond motifs is 3. The third-order valence-corrected chi connectivity index (χ3v) is 10.1. The van der Waals surface area contributed by atoms with E-state index in [2.05, 4.69) is 29.0 Å². The molecule has 1 aliphatic heterocycles. The van der Waals surface area contributed by atoms with Crippen LogP contribution in [0.1, 0.15) is 43.6 Å². The number of carbonyl (C=O) groups is 2. The molecular weight excluding hydrogens is 566 g/mol. The fourth-order valence-corrected chi connectivity index (χ4v) is 8.08. The van der Waals surface area contributed by atoms with Crippen LogP contribution in [0, 0.1) is 5.92 Å². The molecule has 6 rings (SSSR count). The van der Waals surface area contributed by atoms with Gasteiger partial charge in [-0.15, -0.1) is 11.3 Å². The van der Waals surface area contributed by atoms with Crippen molar-refractivity contribution in [3.63, 3.8) is 0 Å². The van der Waals surface area contributed by atoms with Crippen LogP contribution in [0.15, 0.2) is 48.0 Å². The molecule has 0 spiro atoms. The van der Waals surface area contributed by atoms with Crippen molar-refractivity contribution < 1.29 is 14.3 Å². The summed E-state index contributed by atoms with van der Waals surface area (Å²) in [5, 5.41) is 4.37. The van der Waals surface area contributed by atoms with E-state index in [9.17, 15) is 9.59 Å². The molecule has 1 aliphatic carbocycles. The summed E-state index contributed by atoms with van der Waals surface area (Å²) in [6.07, 6.45) is 2.41. The van der Waals surface area contributed by atoms with Crippen molar-refractivity contribution in [2.75, 3.05) is 24.5 Å². The molecule has 11 heteroatoms. The van der Waals surface area contributed by atoms with E-state index in [1.807, 2.05) is 41.3 Å². The smallest absolute Gasteiger partial charge is 0.409 e. The standard InChI is InChI=1S/C29H30ClN5O3S2/c1-3-34(4-2)28-33-24(25(40-28)18-7-5-8-19(30)13-18)27(36)35-20-12-11-17(14-20)22(35)15-31-29(37)38-23-10-6-9-21-26(23)39-16-32-21/h5-10,13,16-17,20,22H,3-4,11-12,14-15H2,1-2H3,(H,31,37)/t17-,20+,22+/m0/s1. The zero-order valence-electron chi connectivity index (χ0n) is 22.3. The summed E-state index contributed by atoms with van der Waals surface area (Å²) in [7, 11) is 0. The second kappa shape index (κ2) is 11.3. The zero-order valence-corrected chi connectivity index (χ0v) is 24.7. The van der Waals surface area contributed by atoms with Gasteiger partial charge in [0.2, 0.25) is 0 Å². The minimum atomic E-state index is -0.534. The molecule has 0 unspecified atom stereocenters. The maximum Gasteiger partial charge on any atom is 0.412 e. The summed E-state index contributed by atoms with van der Waals surface area (Å²) < 4.78 is 6.47. The molecule has 2 amide bonds. The molecule has 3 atom stereocenters. The fourth-order valence-electron chi connectivity index (χ4n) is 5.97. The molecule has 208 valence electrons. The van der Waals surface area contributed by atoms with Gasteiger partial charge in [0, 0.05) is 30.7 Å². The first-order valence-electron chi connectivity index (χ1n) is 13.6. The number of hydrogen-bond acceptors (Lipinski definition) is 8. The third-order valence-electron chi connectivity index (χ3n) is 7.89. The Morgan fingerprint density at radius 3 is 2.80 bits per heavy atom. The van der Waals surface area contributed by atoms with E-state index >= 15 is 0 Å². The second-order valence-corrected chi connectivity index (χ2v) is 12.4. The molecule has 1 saturated heterocycles. The first-order valence-corrected chi connectivity index (χ1v) is 15.7. The Bertz CT molecular complexity index is 1550. The Morgan fingerprint density at radius 1 is 1.18 bits per heavy atom. The normalized spacial score (nSPS) is 19.8. The Morgan fingerprint density at radius 2 is 2.00 bits per heavy atom. The lowest BCUT2D eigenvalue weighted by Crippen LogP contribution is -2.50. The Labute approximate surface area is 245 Å². The van der Waals surface area contributed by atoms with E-state index in [1.165, 1.54) is 22.7 Å². The lowest BCUT2D eigenvalue weighted by Gasteiger charge is -2.35. The summed E-state index contributed by atoms with van der Waals surface area (Å²) in [5.41, 5.74) is 3.86. The van der Waals surface area contributed by atoms with E-state index < -0.39 is 6.09 Å². The number of piperidine rings is 1. The van der Waals surface area contributed by atoms with Crippen LogP contribution < -0.4 is 15.0 Å². The van der Waals surface area contributed by atoms with Crippen molar-refractivity contribution in [1.29, 1.82) is 0 Å². The molecule has 2 aromatic heterocycles. The average Bonchev–Trinajstić information content (AvgIpc) is 3.76. The quantitative estimate of drug-likeness (QED) is 0.244. The van der Waals surface area contributed by atoms with Crippen LogP contribution in [0.3, 0.4) is 0 Å². The van der Waals surface area contributed by atoms with Gasteiger partial charge in [-0.05, 0) is 68.9 Å². The topological polar surface area (TPSA) is 87.7 Å². The van der Waals surface area contributed by atoms with Crippen LogP contribution in [0.25, 0.3) is 20.7 Å². The van der Waals surface area contributed by atoms with Gasteiger partial charge in [-0.1, -0.05) is 41.1 Å². The molecular formula is C29H30ClN5O3S2. The summed E-state index contributed by atoms with van der Waals surface area (Å²) in [5.74, 6) is 0.719. The minimum Gasteiger partial charge on any atom is -0.409 e. The lowest BCUT2D eigenvalue weighted by molar-refractivity contribution is 0.0586. The molecule has 40 heavy (non-hydrogen) atoms. The van der Waals surface area contributed by atoms with Gasteiger partial charge in [0.15, 0.2) is 10.9 Å². The van der Waals surface area contributed by atoms with Crippen LogP contribution >= 0.6 is 34.3 Å². The maximum atomic E-state index is 14.3. The first-order chi connectivity index (χ1) is 19.5. The largest absolute Gasteiger partial charge is 0.412 e. The molecule has 2 aliphatic rings. The van der Waals surface area contributed by atoms with Crippen LogP contribution in [-0.4, -0.2) is 58.6 Å². The minimum absolute atomic E-state index is 0.0913. The van der Waals surface area contributed by atoms with Crippen molar-refractivity contribution >= 4 is 61.6 Å². The fraction of sp³-hybridized carbons (Fsp3) is 0.379. The van der Waals surface area contributed by atoms with Gasteiger partial charge < -0.3 is 19.9 Å². The zero-order chi connectivity index (χ0) is 27.8. The molecule has 1 N–H and O–H groups in total. The van der Waals surface area contributed by atoms with Crippen LogP contribution in [0.4, 0.5) is 9.93 Å². The highest BCUT2D eigenvalue weighted by molar-refractivity contribution is 7.19. The lowest BCUT2D eigenvalue weighted by atomic mass is 9.98. The Balaban J connectivity index is 1.25. The molecule has 1 saturated carbocycles. The van der Waals surface area contributed by atoms with E-state index in [4.69, 9.17) is 21.3 Å². The van der Waals surface area contributed by atoms with Gasteiger partial charge in [-0.3, -0.25) is 4.79 Å². The van der Waals surface area contributed by atoms with E-state index in [0.717, 1.165) is 58.1 Å². The SMILES string of the molecule is CCN(CC)c1nc(C(=O)N2[C@@H]3CC[C@@H](C3)[C@H]2CNC(=O)Oc2cccc3ncsc23)c(-c2cccc(Cl)c2)s1. The highest BCUT2D eigenvalue weighted by Crippen LogP contribution is 2.45. The predicted octanol–water partition coefficient (Wildman–Crippen LogP) is 6.70. The number of likely N-dealkylation sites (tertiary alicyclic amines) is 1. The highest BCUT2D eigenvalue weighted by atomic mass is 35.5. The average molecular weight is 596 g/mol. The van der Waals surface area contributed by atoms with Crippen LogP contribution in [0.2, 0.25) is 5.02 Å². The molecule has 4 aromatic rings. The van der Waals surface area contributed by atoms with Gasteiger partial charge in [0.25, 0.3) is 5.91 Å². The number of halogens is 1. The number of benzene rings is 2. The summed E-state index contributed by atoms with van der Waals surface area (Å²) >= 11 is 9.29. The summed E-state index contributed by atoms with van der Waals surface area (Å²) in [6.45, 7) is 6.09.